The number of anilines is 1. The molecule has 0 radical (unpaired) electrons. The van der Waals surface area contributed by atoms with E-state index in [9.17, 15) is 0 Å². The first kappa shape index (κ1) is 15.0. The second kappa shape index (κ2) is 6.75. The van der Waals surface area contributed by atoms with Crippen LogP contribution in [-0.2, 0) is 4.74 Å². The van der Waals surface area contributed by atoms with E-state index in [0.717, 1.165) is 6.54 Å². The predicted molar refractivity (Wildman–Crippen MR) is 72.4 cm³/mol. The maximum absolute atomic E-state index is 5.95. The first-order valence-electron chi connectivity index (χ1n) is 5.95. The molecule has 0 spiro atoms. The molecule has 0 unspecified atom stereocenters. The quantitative estimate of drug-likeness (QED) is 0.808. The van der Waals surface area contributed by atoms with E-state index in [0.29, 0.717) is 30.1 Å². The molecule has 1 aromatic rings. The molecular formula is C12H20ClN3O2. The Hall–Kier alpha value is -1.07. The van der Waals surface area contributed by atoms with E-state index in [4.69, 9.17) is 21.1 Å². The van der Waals surface area contributed by atoms with Crippen LogP contribution in [0.1, 0.15) is 27.7 Å². The van der Waals surface area contributed by atoms with Gasteiger partial charge in [0.2, 0.25) is 11.8 Å². The summed E-state index contributed by atoms with van der Waals surface area (Å²) in [5.74, 6) is 0.883. The van der Waals surface area contributed by atoms with Crippen molar-refractivity contribution in [2.24, 2.45) is 0 Å². The second-order valence-corrected chi connectivity index (χ2v) is 5.09. The topological polar surface area (TPSA) is 56.3 Å². The second-order valence-electron chi connectivity index (χ2n) is 4.69. The molecule has 0 aromatic carbocycles. The maximum Gasteiger partial charge on any atom is 0.237 e. The average Bonchev–Trinajstić information content (AvgIpc) is 2.27. The lowest BCUT2D eigenvalue weighted by Crippen LogP contribution is -2.22. The number of aromatic nitrogens is 2. The standard InChI is InChI=1S/C12H20ClN3O2/c1-5-14-11-15-8-9(13)10(16-11)17-6-7-18-12(2,3)4/h8H,5-7H2,1-4H3,(H,14,15,16). The molecule has 0 amide bonds. The van der Waals surface area contributed by atoms with Crippen LogP contribution in [0.3, 0.4) is 0 Å². The minimum atomic E-state index is -0.173. The number of hydrogen-bond donors (Lipinski definition) is 1. The molecule has 0 aliphatic heterocycles. The van der Waals surface area contributed by atoms with Gasteiger partial charge in [0, 0.05) is 6.54 Å². The number of nitrogens with one attached hydrogen (secondary N) is 1. The van der Waals surface area contributed by atoms with Gasteiger partial charge in [-0.1, -0.05) is 11.6 Å². The fourth-order valence-corrected chi connectivity index (χ4v) is 1.33. The van der Waals surface area contributed by atoms with E-state index >= 15 is 0 Å². The third-order valence-corrected chi connectivity index (χ3v) is 2.16. The number of ether oxygens (including phenoxy) is 2. The molecule has 0 saturated heterocycles. The van der Waals surface area contributed by atoms with Gasteiger partial charge in [-0.3, -0.25) is 0 Å². The van der Waals surface area contributed by atoms with Gasteiger partial charge >= 0.3 is 0 Å². The lowest BCUT2D eigenvalue weighted by Gasteiger charge is -2.19. The molecule has 6 heteroatoms. The van der Waals surface area contributed by atoms with Gasteiger partial charge in [-0.25, -0.2) is 4.98 Å². The molecule has 0 atom stereocenters. The van der Waals surface area contributed by atoms with Crippen molar-refractivity contribution in [3.8, 4) is 5.88 Å². The Labute approximate surface area is 113 Å². The van der Waals surface area contributed by atoms with Crippen molar-refractivity contribution in [2.45, 2.75) is 33.3 Å². The van der Waals surface area contributed by atoms with Gasteiger partial charge in [0.15, 0.2) is 0 Å². The van der Waals surface area contributed by atoms with E-state index in [1.807, 2.05) is 27.7 Å². The molecule has 0 aliphatic rings. The molecule has 1 rings (SSSR count). The van der Waals surface area contributed by atoms with E-state index in [-0.39, 0.29) is 5.60 Å². The van der Waals surface area contributed by atoms with Gasteiger partial charge < -0.3 is 14.8 Å². The summed E-state index contributed by atoms with van der Waals surface area (Å²) in [6, 6.07) is 0. The first-order valence-corrected chi connectivity index (χ1v) is 6.33. The zero-order chi connectivity index (χ0) is 13.6. The monoisotopic (exact) mass is 273 g/mol. The molecule has 0 aliphatic carbocycles. The summed E-state index contributed by atoms with van der Waals surface area (Å²) >= 11 is 5.95. The van der Waals surface area contributed by atoms with Gasteiger partial charge in [0.25, 0.3) is 0 Å². The lowest BCUT2D eigenvalue weighted by atomic mass is 10.2. The summed E-state index contributed by atoms with van der Waals surface area (Å²) in [5.41, 5.74) is -0.173. The first-order chi connectivity index (χ1) is 8.42. The molecule has 0 saturated carbocycles. The molecule has 0 bridgehead atoms. The van der Waals surface area contributed by atoms with Crippen LogP contribution in [0.2, 0.25) is 5.02 Å². The molecule has 18 heavy (non-hydrogen) atoms. The fraction of sp³-hybridized carbons (Fsp3) is 0.667. The van der Waals surface area contributed by atoms with Gasteiger partial charge in [0.05, 0.1) is 18.4 Å². The molecule has 1 N–H and O–H groups in total. The largest absolute Gasteiger partial charge is 0.474 e. The Kier molecular flexibility index (Phi) is 5.62. The van der Waals surface area contributed by atoms with Crippen LogP contribution in [0.5, 0.6) is 5.88 Å². The minimum absolute atomic E-state index is 0.173. The number of rotatable bonds is 6. The number of hydrogen-bond acceptors (Lipinski definition) is 5. The molecular weight excluding hydrogens is 254 g/mol. The van der Waals surface area contributed by atoms with Crippen LogP contribution in [0.25, 0.3) is 0 Å². The van der Waals surface area contributed by atoms with Crippen LogP contribution >= 0.6 is 11.6 Å². The van der Waals surface area contributed by atoms with Crippen LogP contribution in [0.4, 0.5) is 5.95 Å². The van der Waals surface area contributed by atoms with E-state index < -0.39 is 0 Å². The lowest BCUT2D eigenvalue weighted by molar-refractivity contribution is -0.0167. The molecule has 102 valence electrons. The average molecular weight is 274 g/mol. The Morgan fingerprint density at radius 3 is 2.67 bits per heavy atom. The van der Waals surface area contributed by atoms with E-state index in [1.54, 1.807) is 0 Å². The zero-order valence-corrected chi connectivity index (χ0v) is 12.0. The van der Waals surface area contributed by atoms with E-state index in [2.05, 4.69) is 15.3 Å². The Bertz CT molecular complexity index is 380. The molecule has 1 heterocycles. The van der Waals surface area contributed by atoms with E-state index in [1.165, 1.54) is 6.20 Å². The van der Waals surface area contributed by atoms with Crippen LogP contribution in [-0.4, -0.2) is 35.3 Å². The van der Waals surface area contributed by atoms with Crippen LogP contribution < -0.4 is 10.1 Å². The van der Waals surface area contributed by atoms with Gasteiger partial charge in [-0.05, 0) is 27.7 Å². The highest BCUT2D eigenvalue weighted by molar-refractivity contribution is 6.31. The SMILES string of the molecule is CCNc1ncc(Cl)c(OCCOC(C)(C)C)n1. The summed E-state index contributed by atoms with van der Waals surface area (Å²) < 4.78 is 11.0. The van der Waals surface area contributed by atoms with Crippen LogP contribution in [0, 0.1) is 0 Å². The highest BCUT2D eigenvalue weighted by Crippen LogP contribution is 2.21. The molecule has 5 nitrogen and oxygen atoms in total. The van der Waals surface area contributed by atoms with Crippen LogP contribution in [0.15, 0.2) is 6.20 Å². The van der Waals surface area contributed by atoms with Crippen molar-refractivity contribution in [1.82, 2.24) is 9.97 Å². The van der Waals surface area contributed by atoms with Crippen molar-refractivity contribution in [2.75, 3.05) is 25.1 Å². The van der Waals surface area contributed by atoms with Crippen molar-refractivity contribution in [3.05, 3.63) is 11.2 Å². The summed E-state index contributed by atoms with van der Waals surface area (Å²) in [7, 11) is 0. The van der Waals surface area contributed by atoms with Gasteiger partial charge in [-0.2, -0.15) is 4.98 Å². The van der Waals surface area contributed by atoms with Crippen molar-refractivity contribution in [3.63, 3.8) is 0 Å². The third kappa shape index (κ3) is 5.51. The highest BCUT2D eigenvalue weighted by Gasteiger charge is 2.10. The van der Waals surface area contributed by atoms with Crippen molar-refractivity contribution in [1.29, 1.82) is 0 Å². The molecule has 0 fully saturated rings. The zero-order valence-electron chi connectivity index (χ0n) is 11.3. The number of halogens is 1. The normalized spacial score (nSPS) is 11.4. The van der Waals surface area contributed by atoms with Gasteiger partial charge in [0.1, 0.15) is 11.6 Å². The summed E-state index contributed by atoms with van der Waals surface area (Å²) in [4.78, 5) is 8.19. The summed E-state index contributed by atoms with van der Waals surface area (Å²) in [6.07, 6.45) is 1.52. The Morgan fingerprint density at radius 2 is 2.06 bits per heavy atom. The minimum Gasteiger partial charge on any atom is -0.474 e. The Balaban J connectivity index is 2.48. The highest BCUT2D eigenvalue weighted by atomic mass is 35.5. The fourth-order valence-electron chi connectivity index (χ4n) is 1.18. The Morgan fingerprint density at radius 1 is 1.33 bits per heavy atom. The number of nitrogens with zero attached hydrogens (tertiary/aromatic N) is 2. The molecule has 1 aromatic heterocycles. The van der Waals surface area contributed by atoms with Gasteiger partial charge in [-0.15, -0.1) is 0 Å². The van der Waals surface area contributed by atoms with Crippen molar-refractivity contribution < 1.29 is 9.47 Å². The third-order valence-electron chi connectivity index (χ3n) is 1.90. The smallest absolute Gasteiger partial charge is 0.237 e. The predicted octanol–water partition coefficient (Wildman–Crippen LogP) is 2.76. The maximum atomic E-state index is 5.95. The summed E-state index contributed by atoms with van der Waals surface area (Å²) in [6.45, 7) is 9.58. The van der Waals surface area contributed by atoms with Crippen molar-refractivity contribution >= 4 is 17.5 Å². The summed E-state index contributed by atoms with van der Waals surface area (Å²) in [5, 5.41) is 3.39.